The van der Waals surface area contributed by atoms with Crippen molar-refractivity contribution in [2.24, 2.45) is 0 Å². The maximum Gasteiger partial charge on any atom is 0.409 e. The number of hydrogen-bond acceptors (Lipinski definition) is 5. The van der Waals surface area contributed by atoms with Crippen LogP contribution >= 0.6 is 11.3 Å². The maximum atomic E-state index is 13.4. The molecule has 27 heavy (non-hydrogen) atoms. The first-order chi connectivity index (χ1) is 12.8. The molecule has 0 aromatic carbocycles. The monoisotopic (exact) mass is 396 g/mol. The molecule has 0 fully saturated rings. The minimum absolute atomic E-state index is 0.177. The average molecular weight is 396 g/mol. The number of aryl methyl sites for hydroxylation is 1. The summed E-state index contributed by atoms with van der Waals surface area (Å²) < 4.78 is 41.3. The quantitative estimate of drug-likeness (QED) is 0.719. The van der Waals surface area contributed by atoms with Crippen molar-refractivity contribution in [3.8, 4) is 0 Å². The minimum atomic E-state index is -4.70. The molecule has 0 saturated heterocycles. The van der Waals surface area contributed by atoms with Crippen molar-refractivity contribution < 1.29 is 18.0 Å². The van der Waals surface area contributed by atoms with Crippen LogP contribution in [-0.2, 0) is 12.8 Å². The Morgan fingerprint density at radius 1 is 1.33 bits per heavy atom. The number of carbonyl (C=O) groups excluding carboxylic acids is 1. The van der Waals surface area contributed by atoms with Crippen LogP contribution < -0.4 is 10.9 Å². The largest absolute Gasteiger partial charge is 0.409 e. The Hall–Kier alpha value is -2.75. The van der Waals surface area contributed by atoms with Gasteiger partial charge in [-0.15, -0.1) is 11.3 Å². The highest BCUT2D eigenvalue weighted by Gasteiger charge is 2.41. The molecule has 0 aliphatic rings. The van der Waals surface area contributed by atoms with Crippen LogP contribution in [0.15, 0.2) is 40.8 Å². The van der Waals surface area contributed by atoms with E-state index in [1.165, 1.54) is 28.0 Å². The van der Waals surface area contributed by atoms with Crippen LogP contribution in [0.4, 0.5) is 13.2 Å². The first-order valence-corrected chi connectivity index (χ1v) is 8.94. The van der Waals surface area contributed by atoms with Crippen LogP contribution in [0.25, 0.3) is 4.96 Å². The number of nitrogens with one attached hydrogen (secondary N) is 1. The summed E-state index contributed by atoms with van der Waals surface area (Å²) in [6.45, 7) is 1.83. The molecule has 0 aliphatic heterocycles. The number of halogens is 3. The van der Waals surface area contributed by atoms with Crippen molar-refractivity contribution in [3.63, 3.8) is 0 Å². The number of nitrogens with zero attached hydrogens (tertiary/aromatic N) is 3. The van der Waals surface area contributed by atoms with Crippen LogP contribution in [0, 0.1) is 0 Å². The number of thiazole rings is 1. The number of aromatic nitrogens is 3. The summed E-state index contributed by atoms with van der Waals surface area (Å²) in [5.74, 6) is -1.12. The Bertz CT molecular complexity index is 1010. The van der Waals surface area contributed by atoms with Gasteiger partial charge in [-0.3, -0.25) is 19.0 Å². The number of carbonyl (C=O) groups is 1. The third kappa shape index (κ3) is 4.00. The summed E-state index contributed by atoms with van der Waals surface area (Å²) >= 11 is 1.22. The molecular weight excluding hydrogens is 381 g/mol. The Kier molecular flexibility index (Phi) is 5.26. The van der Waals surface area contributed by atoms with E-state index >= 15 is 0 Å². The molecule has 3 aromatic rings. The predicted molar refractivity (Wildman–Crippen MR) is 94.0 cm³/mol. The standard InChI is InChI=1S/C17H15F3N4O2S/c1-2-11-9-27-16-22-8-12(15(26)24(11)16)14(25)23-13(17(18,19)20)7-10-5-3-4-6-21-10/h3-6,8-9,13H,2,7H2,1H3,(H,23,25). The molecule has 0 bridgehead atoms. The molecule has 10 heteroatoms. The zero-order valence-electron chi connectivity index (χ0n) is 14.2. The summed E-state index contributed by atoms with van der Waals surface area (Å²) in [6, 6.07) is 2.41. The second kappa shape index (κ2) is 7.47. The Balaban J connectivity index is 1.91. The lowest BCUT2D eigenvalue weighted by molar-refractivity contribution is -0.153. The van der Waals surface area contributed by atoms with E-state index in [-0.39, 0.29) is 5.69 Å². The van der Waals surface area contributed by atoms with E-state index in [0.717, 1.165) is 6.20 Å². The van der Waals surface area contributed by atoms with Crippen molar-refractivity contribution >= 4 is 22.2 Å². The molecule has 0 radical (unpaired) electrons. The Labute approximate surface area is 155 Å². The van der Waals surface area contributed by atoms with Crippen LogP contribution in [0.1, 0.15) is 28.7 Å². The van der Waals surface area contributed by atoms with Gasteiger partial charge in [-0.25, -0.2) is 4.98 Å². The number of alkyl halides is 3. The normalized spacial score (nSPS) is 12.9. The van der Waals surface area contributed by atoms with Gasteiger partial charge in [0.2, 0.25) is 0 Å². The lowest BCUT2D eigenvalue weighted by Gasteiger charge is -2.21. The van der Waals surface area contributed by atoms with Gasteiger partial charge in [0, 0.05) is 35.6 Å². The SMILES string of the molecule is CCc1csc2ncc(C(=O)NC(Cc3ccccn3)C(F)(F)F)c(=O)n12. The van der Waals surface area contributed by atoms with Gasteiger partial charge in [-0.1, -0.05) is 13.0 Å². The third-order valence-corrected chi connectivity index (χ3v) is 4.85. The molecule has 142 valence electrons. The van der Waals surface area contributed by atoms with Gasteiger partial charge in [0.1, 0.15) is 11.6 Å². The van der Waals surface area contributed by atoms with Gasteiger partial charge in [-0.05, 0) is 18.6 Å². The lowest BCUT2D eigenvalue weighted by atomic mass is 10.1. The van der Waals surface area contributed by atoms with Gasteiger partial charge in [0.05, 0.1) is 0 Å². The van der Waals surface area contributed by atoms with E-state index in [4.69, 9.17) is 0 Å². The number of amides is 1. The molecule has 1 N–H and O–H groups in total. The molecule has 3 heterocycles. The van der Waals surface area contributed by atoms with Crippen LogP contribution in [0.2, 0.25) is 0 Å². The number of hydrogen-bond donors (Lipinski definition) is 1. The first-order valence-electron chi connectivity index (χ1n) is 8.07. The fourth-order valence-corrected chi connectivity index (χ4v) is 3.49. The number of fused-ring (bicyclic) bond motifs is 1. The molecule has 1 amide bonds. The van der Waals surface area contributed by atoms with Crippen molar-refractivity contribution in [1.82, 2.24) is 19.7 Å². The molecule has 6 nitrogen and oxygen atoms in total. The second-order valence-electron chi connectivity index (χ2n) is 5.77. The van der Waals surface area contributed by atoms with E-state index in [9.17, 15) is 22.8 Å². The van der Waals surface area contributed by atoms with Crippen LogP contribution in [-0.4, -0.2) is 32.5 Å². The molecule has 0 aliphatic carbocycles. The fourth-order valence-electron chi connectivity index (χ4n) is 2.56. The van der Waals surface area contributed by atoms with Crippen molar-refractivity contribution in [2.45, 2.75) is 32.0 Å². The molecule has 3 rings (SSSR count). The van der Waals surface area contributed by atoms with E-state index in [0.29, 0.717) is 17.1 Å². The van der Waals surface area contributed by atoms with E-state index in [1.54, 1.807) is 17.5 Å². The van der Waals surface area contributed by atoms with Gasteiger partial charge in [0.15, 0.2) is 4.96 Å². The van der Waals surface area contributed by atoms with E-state index in [2.05, 4.69) is 9.97 Å². The lowest BCUT2D eigenvalue weighted by Crippen LogP contribution is -2.48. The zero-order chi connectivity index (χ0) is 19.6. The van der Waals surface area contributed by atoms with Gasteiger partial charge in [0.25, 0.3) is 11.5 Å². The van der Waals surface area contributed by atoms with Gasteiger partial charge < -0.3 is 5.32 Å². The highest BCUT2D eigenvalue weighted by molar-refractivity contribution is 7.15. The second-order valence-corrected chi connectivity index (χ2v) is 6.61. The summed E-state index contributed by atoms with van der Waals surface area (Å²) in [5, 5.41) is 3.63. The Morgan fingerprint density at radius 2 is 2.11 bits per heavy atom. The van der Waals surface area contributed by atoms with Crippen molar-refractivity contribution in [3.05, 3.63) is 63.3 Å². The molecular formula is C17H15F3N4O2S. The molecule has 0 saturated carbocycles. The van der Waals surface area contributed by atoms with Crippen molar-refractivity contribution in [2.75, 3.05) is 0 Å². The number of pyridine rings is 1. The smallest absolute Gasteiger partial charge is 0.340 e. The molecule has 1 unspecified atom stereocenters. The highest BCUT2D eigenvalue weighted by atomic mass is 32.1. The van der Waals surface area contributed by atoms with Gasteiger partial charge >= 0.3 is 6.18 Å². The zero-order valence-corrected chi connectivity index (χ0v) is 15.0. The molecule has 3 aromatic heterocycles. The summed E-state index contributed by atoms with van der Waals surface area (Å²) in [4.78, 5) is 33.2. The van der Waals surface area contributed by atoms with E-state index in [1.807, 2.05) is 12.2 Å². The average Bonchev–Trinajstić information content (AvgIpc) is 3.05. The van der Waals surface area contributed by atoms with Crippen molar-refractivity contribution in [1.29, 1.82) is 0 Å². The summed E-state index contributed by atoms with van der Waals surface area (Å²) in [5.41, 5.74) is -0.301. The Morgan fingerprint density at radius 3 is 2.74 bits per heavy atom. The maximum absolute atomic E-state index is 13.4. The van der Waals surface area contributed by atoms with Crippen LogP contribution in [0.3, 0.4) is 0 Å². The first kappa shape index (κ1) is 19.0. The van der Waals surface area contributed by atoms with Gasteiger partial charge in [-0.2, -0.15) is 13.2 Å². The number of rotatable bonds is 5. The summed E-state index contributed by atoms with van der Waals surface area (Å²) in [7, 11) is 0. The third-order valence-electron chi connectivity index (χ3n) is 3.96. The summed E-state index contributed by atoms with van der Waals surface area (Å²) in [6.07, 6.45) is -2.32. The molecule has 1 atom stereocenters. The topological polar surface area (TPSA) is 76.4 Å². The highest BCUT2D eigenvalue weighted by Crippen LogP contribution is 2.23. The minimum Gasteiger partial charge on any atom is -0.340 e. The van der Waals surface area contributed by atoms with E-state index < -0.39 is 35.7 Å². The fraction of sp³-hybridized carbons (Fsp3) is 0.294. The van der Waals surface area contributed by atoms with Crippen LogP contribution in [0.5, 0.6) is 0 Å². The molecule has 0 spiro atoms. The predicted octanol–water partition coefficient (Wildman–Crippen LogP) is 2.62.